The van der Waals surface area contributed by atoms with E-state index >= 15 is 0 Å². The normalized spacial score (nSPS) is 45.8. The second-order valence-corrected chi connectivity index (χ2v) is 3.64. The maximum absolute atomic E-state index is 9.39. The van der Waals surface area contributed by atoms with E-state index in [-0.39, 0.29) is 10.6 Å². The Morgan fingerprint density at radius 1 is 1.64 bits per heavy atom. The SMILES string of the molecule is [CH2]C[N+]1(Cl)C(O)COCC1Cl. The van der Waals surface area contributed by atoms with E-state index in [2.05, 4.69) is 6.92 Å². The van der Waals surface area contributed by atoms with E-state index < -0.39 is 11.7 Å². The van der Waals surface area contributed by atoms with Crippen LogP contribution in [0.15, 0.2) is 0 Å². The molecular formula is C6H11Cl2NO2+. The van der Waals surface area contributed by atoms with E-state index in [0.717, 1.165) is 0 Å². The van der Waals surface area contributed by atoms with Crippen LogP contribution in [0.3, 0.4) is 0 Å². The first-order valence-corrected chi connectivity index (χ1v) is 4.15. The van der Waals surface area contributed by atoms with Gasteiger partial charge in [0, 0.05) is 6.92 Å². The maximum Gasteiger partial charge on any atom is 0.232 e. The van der Waals surface area contributed by atoms with Crippen molar-refractivity contribution in [3.63, 3.8) is 0 Å². The lowest BCUT2D eigenvalue weighted by Gasteiger charge is -2.39. The number of aliphatic hydroxyl groups excluding tert-OH is 1. The third-order valence-electron chi connectivity index (χ3n) is 1.83. The third kappa shape index (κ3) is 1.63. The van der Waals surface area contributed by atoms with E-state index in [1.165, 1.54) is 0 Å². The first-order valence-electron chi connectivity index (χ1n) is 3.37. The van der Waals surface area contributed by atoms with Gasteiger partial charge in [0.15, 0.2) is 11.8 Å². The van der Waals surface area contributed by atoms with Gasteiger partial charge in [-0.25, -0.2) is 0 Å². The molecule has 1 rings (SSSR count). The molecule has 0 amide bonds. The third-order valence-corrected chi connectivity index (χ3v) is 3.03. The molecule has 5 heteroatoms. The van der Waals surface area contributed by atoms with E-state index in [4.69, 9.17) is 28.1 Å². The summed E-state index contributed by atoms with van der Waals surface area (Å²) in [6.07, 6.45) is -0.773. The molecule has 3 nitrogen and oxygen atoms in total. The van der Waals surface area contributed by atoms with Gasteiger partial charge in [-0.1, -0.05) is 11.6 Å². The molecule has 11 heavy (non-hydrogen) atoms. The molecule has 0 saturated carbocycles. The smallest absolute Gasteiger partial charge is 0.232 e. The van der Waals surface area contributed by atoms with Crippen molar-refractivity contribution in [1.82, 2.24) is 0 Å². The Morgan fingerprint density at radius 2 is 2.27 bits per heavy atom. The molecular weight excluding hydrogens is 189 g/mol. The van der Waals surface area contributed by atoms with Crippen LogP contribution in [0.25, 0.3) is 0 Å². The zero-order valence-electron chi connectivity index (χ0n) is 6.04. The summed E-state index contributed by atoms with van der Waals surface area (Å²) in [7, 11) is 0. The standard InChI is InChI=1S/C6H11Cl2NO2/c1-2-9(8)5(7)3-11-4-6(9)10/h5-6,10H,1-4H2/q+1. The number of ether oxygens (including phenoxy) is 1. The van der Waals surface area contributed by atoms with Crippen molar-refractivity contribution in [1.29, 1.82) is 0 Å². The predicted octanol–water partition coefficient (Wildman–Crippen LogP) is 0.705. The van der Waals surface area contributed by atoms with Crippen LogP contribution in [0, 0.1) is 6.92 Å². The van der Waals surface area contributed by atoms with Gasteiger partial charge in [-0.2, -0.15) is 4.00 Å². The molecule has 0 aliphatic carbocycles. The molecule has 0 aromatic carbocycles. The average molecular weight is 200 g/mol. The molecule has 0 bridgehead atoms. The number of nitrogens with zero attached hydrogens (tertiary/aromatic N) is 1. The highest BCUT2D eigenvalue weighted by molar-refractivity contribution is 6.22. The number of morpholine rings is 1. The molecule has 1 radical (unpaired) electrons. The molecule has 1 saturated heterocycles. The minimum absolute atomic E-state index is 0.151. The zero-order valence-corrected chi connectivity index (χ0v) is 7.55. The van der Waals surface area contributed by atoms with Crippen LogP contribution in [-0.2, 0) is 4.74 Å². The monoisotopic (exact) mass is 199 g/mol. The fourth-order valence-electron chi connectivity index (χ4n) is 0.994. The highest BCUT2D eigenvalue weighted by atomic mass is 35.5. The van der Waals surface area contributed by atoms with Gasteiger partial charge in [0.25, 0.3) is 0 Å². The minimum Gasteiger partial charge on any atom is -0.365 e. The summed E-state index contributed by atoms with van der Waals surface area (Å²) in [6.45, 7) is 4.55. The largest absolute Gasteiger partial charge is 0.365 e. The molecule has 65 valence electrons. The predicted molar refractivity (Wildman–Crippen MR) is 42.8 cm³/mol. The van der Waals surface area contributed by atoms with Gasteiger partial charge in [-0.05, 0) is 0 Å². The van der Waals surface area contributed by atoms with Crippen LogP contribution in [0.5, 0.6) is 0 Å². The second-order valence-electron chi connectivity index (χ2n) is 2.51. The Balaban J connectivity index is 2.69. The number of aliphatic hydroxyl groups is 1. The maximum atomic E-state index is 9.39. The van der Waals surface area contributed by atoms with Gasteiger partial charge in [0.05, 0.1) is 6.54 Å². The van der Waals surface area contributed by atoms with Crippen molar-refractivity contribution in [3.8, 4) is 0 Å². The second kappa shape index (κ2) is 3.46. The summed E-state index contributed by atoms with van der Waals surface area (Å²) >= 11 is 11.8. The summed E-state index contributed by atoms with van der Waals surface area (Å²) in [5, 5.41) is 9.39. The van der Waals surface area contributed by atoms with Crippen LogP contribution < -0.4 is 0 Å². The van der Waals surface area contributed by atoms with Crippen LogP contribution in [-0.4, -0.2) is 40.6 Å². The molecule has 0 aromatic rings. The van der Waals surface area contributed by atoms with Crippen molar-refractivity contribution in [2.45, 2.75) is 11.7 Å². The van der Waals surface area contributed by atoms with Gasteiger partial charge < -0.3 is 9.84 Å². The van der Waals surface area contributed by atoms with Crippen LogP contribution in [0.1, 0.15) is 0 Å². The van der Waals surface area contributed by atoms with Crippen molar-refractivity contribution >= 4 is 23.4 Å². The quantitative estimate of drug-likeness (QED) is 0.383. The Labute approximate surface area is 76.2 Å². The van der Waals surface area contributed by atoms with Crippen LogP contribution >= 0.6 is 23.4 Å². The summed E-state index contributed by atoms with van der Waals surface area (Å²) in [6, 6.07) is 0. The Kier molecular flexibility index (Phi) is 3.00. The number of rotatable bonds is 1. The van der Waals surface area contributed by atoms with Crippen molar-refractivity contribution in [2.75, 3.05) is 19.8 Å². The molecule has 1 heterocycles. The fourth-order valence-corrected chi connectivity index (χ4v) is 1.42. The van der Waals surface area contributed by atoms with Crippen LogP contribution in [0.2, 0.25) is 0 Å². The molecule has 1 N–H and O–H groups in total. The van der Waals surface area contributed by atoms with E-state index in [0.29, 0.717) is 13.2 Å². The van der Waals surface area contributed by atoms with E-state index in [9.17, 15) is 5.11 Å². The van der Waals surface area contributed by atoms with Crippen molar-refractivity contribution < 1.29 is 13.8 Å². The number of hydrogen-bond acceptors (Lipinski definition) is 2. The van der Waals surface area contributed by atoms with Gasteiger partial charge >= 0.3 is 0 Å². The molecule has 3 unspecified atom stereocenters. The lowest BCUT2D eigenvalue weighted by molar-refractivity contribution is -0.883. The first kappa shape index (κ1) is 9.55. The molecule has 3 atom stereocenters. The van der Waals surface area contributed by atoms with Gasteiger partial charge in [0.1, 0.15) is 13.2 Å². The summed E-state index contributed by atoms with van der Waals surface area (Å²) in [5.41, 5.74) is -0.419. The fraction of sp³-hybridized carbons (Fsp3) is 0.833. The van der Waals surface area contributed by atoms with Crippen LogP contribution in [0.4, 0.5) is 0 Å². The zero-order chi connectivity index (χ0) is 8.48. The van der Waals surface area contributed by atoms with E-state index in [1.54, 1.807) is 0 Å². The Morgan fingerprint density at radius 3 is 2.64 bits per heavy atom. The Bertz CT molecular complexity index is 135. The Hall–Kier alpha value is 0.460. The highest BCUT2D eigenvalue weighted by Gasteiger charge is 2.44. The molecule has 1 fully saturated rings. The number of quaternary nitrogens is 1. The number of alkyl halides is 1. The van der Waals surface area contributed by atoms with Gasteiger partial charge in [-0.15, -0.1) is 0 Å². The average Bonchev–Trinajstić information content (AvgIpc) is 2.00. The topological polar surface area (TPSA) is 29.5 Å². The van der Waals surface area contributed by atoms with E-state index in [1.807, 2.05) is 0 Å². The molecule has 0 spiro atoms. The number of hydrogen-bond donors (Lipinski definition) is 1. The molecule has 1 aliphatic rings. The first-order chi connectivity index (χ1) is 5.11. The molecule has 1 aliphatic heterocycles. The lowest BCUT2D eigenvalue weighted by atomic mass is 10.4. The lowest BCUT2D eigenvalue weighted by Crippen LogP contribution is -2.59. The molecule has 0 aromatic heterocycles. The summed E-state index contributed by atoms with van der Waals surface area (Å²) in [4.78, 5) is 0. The van der Waals surface area contributed by atoms with Crippen molar-refractivity contribution in [3.05, 3.63) is 6.92 Å². The minimum atomic E-state index is -0.773. The summed E-state index contributed by atoms with van der Waals surface area (Å²) < 4.78 is 4.83. The number of halogens is 2. The van der Waals surface area contributed by atoms with Gasteiger partial charge in [0.2, 0.25) is 11.7 Å². The summed E-state index contributed by atoms with van der Waals surface area (Å²) in [5.74, 6) is 0. The van der Waals surface area contributed by atoms with Gasteiger partial charge in [-0.3, -0.25) is 0 Å². The highest BCUT2D eigenvalue weighted by Crippen LogP contribution is 2.28. The van der Waals surface area contributed by atoms with Crippen molar-refractivity contribution in [2.24, 2.45) is 0 Å².